The number of hydrogen-bond donors (Lipinski definition) is 0. The van der Waals surface area contributed by atoms with Gasteiger partial charge in [0.15, 0.2) is 5.78 Å². The van der Waals surface area contributed by atoms with Crippen LogP contribution >= 0.6 is 0 Å². The Morgan fingerprint density at radius 3 is 2.48 bits per heavy atom. The lowest BCUT2D eigenvalue weighted by atomic mass is 10.0. The van der Waals surface area contributed by atoms with E-state index in [4.69, 9.17) is 4.74 Å². The van der Waals surface area contributed by atoms with Gasteiger partial charge in [-0.15, -0.1) is 0 Å². The van der Waals surface area contributed by atoms with Gasteiger partial charge in [-0.3, -0.25) is 9.78 Å². The Bertz CT molecular complexity index is 802. The van der Waals surface area contributed by atoms with Gasteiger partial charge in [-0.25, -0.2) is 4.98 Å². The Morgan fingerprint density at radius 1 is 1.00 bits per heavy atom. The highest BCUT2D eigenvalue weighted by atomic mass is 16.5. The number of methoxy groups -OCH3 is 1. The van der Waals surface area contributed by atoms with Gasteiger partial charge in [-0.05, 0) is 17.7 Å². The van der Waals surface area contributed by atoms with E-state index in [9.17, 15) is 4.79 Å². The van der Waals surface area contributed by atoms with Gasteiger partial charge < -0.3 is 4.74 Å². The minimum Gasteiger partial charge on any atom is -0.481 e. The Labute approximate surface area is 134 Å². The molecular formula is C19H16N2O2. The van der Waals surface area contributed by atoms with Crippen LogP contribution in [0.1, 0.15) is 15.9 Å². The van der Waals surface area contributed by atoms with Crippen molar-refractivity contribution in [2.24, 2.45) is 0 Å². The predicted molar refractivity (Wildman–Crippen MR) is 88.5 cm³/mol. The molecule has 0 fully saturated rings. The highest BCUT2D eigenvalue weighted by molar-refractivity contribution is 5.98. The summed E-state index contributed by atoms with van der Waals surface area (Å²) in [6.45, 7) is 0. The summed E-state index contributed by atoms with van der Waals surface area (Å²) in [7, 11) is 1.57. The molecule has 2 aromatic heterocycles. The molecule has 114 valence electrons. The largest absolute Gasteiger partial charge is 0.481 e. The number of Topliss-reactive ketones (excluding diaryl/α,β-unsaturated/α-hetero) is 1. The number of ketones is 1. The molecule has 0 amide bonds. The van der Waals surface area contributed by atoms with Crippen LogP contribution in [0.3, 0.4) is 0 Å². The van der Waals surface area contributed by atoms with E-state index in [1.165, 1.54) is 0 Å². The number of rotatable bonds is 5. The molecule has 0 aliphatic heterocycles. The topological polar surface area (TPSA) is 52.1 Å². The molecule has 0 atom stereocenters. The zero-order valence-corrected chi connectivity index (χ0v) is 12.8. The minimum atomic E-state index is 0.0507. The second kappa shape index (κ2) is 6.83. The smallest absolute Gasteiger partial charge is 0.213 e. The standard InChI is InChI=1S/C19H16N2O2/c1-23-18-11-10-15(13-17(22)14-7-3-2-4-8-14)19(21-18)16-9-5-6-12-20-16/h2-12H,13H2,1H3. The van der Waals surface area contributed by atoms with Crippen LogP contribution in [0.2, 0.25) is 0 Å². The molecule has 0 aliphatic carbocycles. The van der Waals surface area contributed by atoms with Crippen LogP contribution < -0.4 is 4.74 Å². The number of carbonyl (C=O) groups excluding carboxylic acids is 1. The molecule has 1 aromatic carbocycles. The molecule has 0 radical (unpaired) electrons. The van der Waals surface area contributed by atoms with Crippen LogP contribution in [-0.4, -0.2) is 22.9 Å². The van der Waals surface area contributed by atoms with E-state index >= 15 is 0 Å². The van der Waals surface area contributed by atoms with Crippen LogP contribution in [0, 0.1) is 0 Å². The summed E-state index contributed by atoms with van der Waals surface area (Å²) < 4.78 is 5.20. The predicted octanol–water partition coefficient (Wildman–Crippen LogP) is 3.58. The molecule has 3 aromatic rings. The van der Waals surface area contributed by atoms with Crippen molar-refractivity contribution < 1.29 is 9.53 Å². The van der Waals surface area contributed by atoms with Gasteiger partial charge in [0.25, 0.3) is 0 Å². The van der Waals surface area contributed by atoms with E-state index in [0.29, 0.717) is 17.1 Å². The highest BCUT2D eigenvalue weighted by Crippen LogP contribution is 2.24. The third-order valence-corrected chi connectivity index (χ3v) is 3.52. The van der Waals surface area contributed by atoms with Crippen molar-refractivity contribution in [3.63, 3.8) is 0 Å². The quantitative estimate of drug-likeness (QED) is 0.676. The monoisotopic (exact) mass is 304 g/mol. The third kappa shape index (κ3) is 3.43. The van der Waals surface area contributed by atoms with E-state index in [-0.39, 0.29) is 12.2 Å². The van der Waals surface area contributed by atoms with Crippen molar-refractivity contribution in [3.8, 4) is 17.3 Å². The molecule has 2 heterocycles. The number of benzene rings is 1. The number of hydrogen-bond acceptors (Lipinski definition) is 4. The maximum Gasteiger partial charge on any atom is 0.213 e. The van der Waals surface area contributed by atoms with Crippen molar-refractivity contribution in [2.45, 2.75) is 6.42 Å². The van der Waals surface area contributed by atoms with Crippen molar-refractivity contribution in [1.29, 1.82) is 0 Å². The number of aromatic nitrogens is 2. The first-order valence-corrected chi connectivity index (χ1v) is 7.31. The van der Waals surface area contributed by atoms with Crippen molar-refractivity contribution in [2.75, 3.05) is 7.11 Å². The van der Waals surface area contributed by atoms with E-state index in [1.54, 1.807) is 19.4 Å². The SMILES string of the molecule is COc1ccc(CC(=O)c2ccccc2)c(-c2ccccn2)n1. The van der Waals surface area contributed by atoms with Gasteiger partial charge >= 0.3 is 0 Å². The Hall–Kier alpha value is -3.01. The molecule has 0 spiro atoms. The molecule has 0 aliphatic rings. The summed E-state index contributed by atoms with van der Waals surface area (Å²) in [5, 5.41) is 0. The van der Waals surface area contributed by atoms with Gasteiger partial charge in [0.1, 0.15) is 0 Å². The van der Waals surface area contributed by atoms with Gasteiger partial charge in [0.2, 0.25) is 5.88 Å². The molecule has 0 saturated heterocycles. The molecule has 23 heavy (non-hydrogen) atoms. The van der Waals surface area contributed by atoms with Gasteiger partial charge in [-0.2, -0.15) is 0 Å². The first-order valence-electron chi connectivity index (χ1n) is 7.31. The number of ether oxygens (including phenoxy) is 1. The second-order valence-corrected chi connectivity index (χ2v) is 5.04. The zero-order valence-electron chi connectivity index (χ0n) is 12.8. The molecule has 0 unspecified atom stereocenters. The minimum absolute atomic E-state index is 0.0507. The third-order valence-electron chi connectivity index (χ3n) is 3.52. The fourth-order valence-electron chi connectivity index (χ4n) is 2.35. The average molecular weight is 304 g/mol. The van der Waals surface area contributed by atoms with E-state index in [1.807, 2.05) is 54.6 Å². The van der Waals surface area contributed by atoms with Crippen molar-refractivity contribution in [1.82, 2.24) is 9.97 Å². The van der Waals surface area contributed by atoms with Gasteiger partial charge in [0, 0.05) is 24.2 Å². The second-order valence-electron chi connectivity index (χ2n) is 5.04. The number of nitrogens with zero attached hydrogens (tertiary/aromatic N) is 2. The zero-order chi connectivity index (χ0) is 16.1. The van der Waals surface area contributed by atoms with Crippen LogP contribution in [0.4, 0.5) is 0 Å². The summed E-state index contributed by atoms with van der Waals surface area (Å²) in [5.41, 5.74) is 2.92. The summed E-state index contributed by atoms with van der Waals surface area (Å²) >= 11 is 0. The van der Waals surface area contributed by atoms with Gasteiger partial charge in [-0.1, -0.05) is 42.5 Å². The normalized spacial score (nSPS) is 10.3. The van der Waals surface area contributed by atoms with E-state index < -0.39 is 0 Å². The average Bonchev–Trinajstić information content (AvgIpc) is 2.63. The number of pyridine rings is 2. The maximum atomic E-state index is 12.5. The fraction of sp³-hybridized carbons (Fsp3) is 0.105. The molecular weight excluding hydrogens is 288 g/mol. The molecule has 4 nitrogen and oxygen atoms in total. The van der Waals surface area contributed by atoms with Crippen LogP contribution in [0.25, 0.3) is 11.4 Å². The summed E-state index contributed by atoms with van der Waals surface area (Å²) in [6.07, 6.45) is 1.98. The molecule has 0 saturated carbocycles. The summed E-state index contributed by atoms with van der Waals surface area (Å²) in [4.78, 5) is 21.3. The summed E-state index contributed by atoms with van der Waals surface area (Å²) in [6, 6.07) is 18.5. The Morgan fingerprint density at radius 2 is 1.78 bits per heavy atom. The molecule has 4 heteroatoms. The first kappa shape index (κ1) is 14.9. The Balaban J connectivity index is 1.97. The highest BCUT2D eigenvalue weighted by Gasteiger charge is 2.14. The lowest BCUT2D eigenvalue weighted by molar-refractivity contribution is 0.0993. The van der Waals surface area contributed by atoms with E-state index in [0.717, 1.165) is 11.3 Å². The van der Waals surface area contributed by atoms with Crippen LogP contribution in [0.5, 0.6) is 5.88 Å². The summed E-state index contributed by atoms with van der Waals surface area (Å²) in [5.74, 6) is 0.552. The molecule has 0 N–H and O–H groups in total. The molecule has 0 bridgehead atoms. The fourth-order valence-corrected chi connectivity index (χ4v) is 2.35. The van der Waals surface area contributed by atoms with Crippen molar-refractivity contribution in [3.05, 3.63) is 78.0 Å². The maximum absolute atomic E-state index is 12.5. The van der Waals surface area contributed by atoms with Crippen LogP contribution in [-0.2, 0) is 6.42 Å². The first-order chi connectivity index (χ1) is 11.3. The lowest BCUT2D eigenvalue weighted by Crippen LogP contribution is -2.06. The van der Waals surface area contributed by atoms with Crippen molar-refractivity contribution >= 4 is 5.78 Å². The lowest BCUT2D eigenvalue weighted by Gasteiger charge is -2.10. The number of carbonyl (C=O) groups is 1. The van der Waals surface area contributed by atoms with Gasteiger partial charge in [0.05, 0.1) is 18.5 Å². The Kier molecular flexibility index (Phi) is 4.43. The van der Waals surface area contributed by atoms with E-state index in [2.05, 4.69) is 9.97 Å². The van der Waals surface area contributed by atoms with Crippen LogP contribution in [0.15, 0.2) is 66.9 Å². The molecule has 3 rings (SSSR count).